The second kappa shape index (κ2) is 7.40. The van der Waals surface area contributed by atoms with Crippen molar-refractivity contribution in [1.82, 2.24) is 15.1 Å². The number of nitrogens with zero attached hydrogens (tertiary/aromatic N) is 2. The molecule has 0 aromatic carbocycles. The molecule has 1 heterocycles. The number of hydrogen-bond acceptors (Lipinski definition) is 4. The Morgan fingerprint density at radius 3 is 2.03 bits per heavy atom. The zero-order valence-electron chi connectivity index (χ0n) is 17.8. The van der Waals surface area contributed by atoms with Crippen LogP contribution >= 0.6 is 0 Å². The van der Waals surface area contributed by atoms with Crippen molar-refractivity contribution >= 4 is 23.8 Å². The van der Waals surface area contributed by atoms with E-state index in [1.807, 2.05) is 6.92 Å². The van der Waals surface area contributed by atoms with Crippen LogP contribution in [0.5, 0.6) is 0 Å². The Bertz CT molecular complexity index is 696. The quantitative estimate of drug-likeness (QED) is 0.523. The van der Waals surface area contributed by atoms with Gasteiger partial charge in [0.25, 0.3) is 0 Å². The highest BCUT2D eigenvalue weighted by Gasteiger charge is 2.61. The normalized spacial score (nSPS) is 34.5. The van der Waals surface area contributed by atoms with Crippen LogP contribution in [0.3, 0.4) is 0 Å². The Morgan fingerprint density at radius 2 is 1.52 bits per heavy atom. The number of carbonyl (C=O) groups excluding carboxylic acids is 4. The summed E-state index contributed by atoms with van der Waals surface area (Å²) in [5.74, 6) is 0.224. The van der Waals surface area contributed by atoms with Crippen LogP contribution in [-0.2, 0) is 14.4 Å². The molecule has 1 aliphatic heterocycles. The van der Waals surface area contributed by atoms with Gasteiger partial charge in [-0.1, -0.05) is 13.8 Å². The van der Waals surface area contributed by atoms with Gasteiger partial charge in [-0.05, 0) is 82.0 Å². The molecule has 5 aliphatic rings. The average molecular weight is 404 g/mol. The lowest BCUT2D eigenvalue weighted by molar-refractivity contribution is -0.150. The summed E-state index contributed by atoms with van der Waals surface area (Å²) in [5.41, 5.74) is -0.506. The van der Waals surface area contributed by atoms with Crippen LogP contribution in [0.2, 0.25) is 0 Å². The van der Waals surface area contributed by atoms with Crippen molar-refractivity contribution in [1.29, 1.82) is 0 Å². The molecule has 0 unspecified atom stereocenters. The van der Waals surface area contributed by atoms with Crippen LogP contribution in [-0.4, -0.2) is 51.7 Å². The summed E-state index contributed by atoms with van der Waals surface area (Å²) < 4.78 is 0. The van der Waals surface area contributed by atoms with E-state index in [1.54, 1.807) is 0 Å². The van der Waals surface area contributed by atoms with Crippen LogP contribution < -0.4 is 5.32 Å². The Labute approximate surface area is 172 Å². The van der Waals surface area contributed by atoms with Gasteiger partial charge >= 0.3 is 17.8 Å². The molecule has 7 nitrogen and oxygen atoms in total. The molecular weight excluding hydrogens is 370 g/mol. The van der Waals surface area contributed by atoms with Gasteiger partial charge in [-0.25, -0.2) is 14.6 Å². The molecule has 4 bridgehead atoms. The molecule has 4 aliphatic carbocycles. The van der Waals surface area contributed by atoms with Crippen molar-refractivity contribution in [2.24, 2.45) is 23.7 Å². The molecule has 0 aromatic heterocycles. The molecule has 0 aromatic rings. The van der Waals surface area contributed by atoms with Crippen LogP contribution in [0.15, 0.2) is 0 Å². The molecule has 5 amide bonds. The summed E-state index contributed by atoms with van der Waals surface area (Å²) in [6.07, 6.45) is 7.82. The van der Waals surface area contributed by atoms with Gasteiger partial charge in [-0.2, -0.15) is 0 Å². The maximum absolute atomic E-state index is 13.1. The fourth-order valence-corrected chi connectivity index (χ4v) is 6.52. The summed E-state index contributed by atoms with van der Waals surface area (Å²) in [7, 11) is 0. The van der Waals surface area contributed by atoms with E-state index in [1.165, 1.54) is 24.2 Å². The molecule has 1 atom stereocenters. The summed E-state index contributed by atoms with van der Waals surface area (Å²) in [4.78, 5) is 53.0. The highest BCUT2D eigenvalue weighted by Crippen LogP contribution is 2.58. The first kappa shape index (κ1) is 20.4. The number of imide groups is 2. The van der Waals surface area contributed by atoms with Crippen molar-refractivity contribution in [2.75, 3.05) is 6.54 Å². The third kappa shape index (κ3) is 3.68. The molecule has 5 rings (SSSR count). The average Bonchev–Trinajstić information content (AvgIpc) is 2.82. The smallest absolute Gasteiger partial charge is 0.335 e. The number of hydrogen-bond donors (Lipinski definition) is 1. The predicted octanol–water partition coefficient (Wildman–Crippen LogP) is 2.69. The summed E-state index contributed by atoms with van der Waals surface area (Å²) >= 11 is 0. The first-order valence-electron chi connectivity index (χ1n) is 11.2. The number of carbonyl (C=O) groups is 4. The van der Waals surface area contributed by atoms with E-state index in [0.717, 1.165) is 37.0 Å². The Hall–Kier alpha value is -1.92. The van der Waals surface area contributed by atoms with Gasteiger partial charge in [0.2, 0.25) is 5.91 Å². The predicted molar refractivity (Wildman–Crippen MR) is 107 cm³/mol. The SMILES string of the molecule is CC(C)CC[C@H](C)NC(=O)CN1C(=O)C(=O)N(C23CC4CC(CC(C4)C2)C3)C1=O. The van der Waals surface area contributed by atoms with E-state index < -0.39 is 23.4 Å². The van der Waals surface area contributed by atoms with Crippen molar-refractivity contribution in [3.8, 4) is 0 Å². The standard InChI is InChI=1S/C22H33N3O4/c1-13(2)4-5-14(3)23-18(26)12-24-19(27)20(28)25(21(24)29)22-9-15-6-16(10-22)8-17(7-15)11-22/h13-17H,4-12H2,1-3H3,(H,23,26)/t14-,15?,16?,17?,22?/m0/s1. The molecule has 160 valence electrons. The minimum Gasteiger partial charge on any atom is -0.352 e. The summed E-state index contributed by atoms with van der Waals surface area (Å²) in [6.45, 7) is 5.79. The van der Waals surface area contributed by atoms with Gasteiger partial charge < -0.3 is 5.32 Å². The monoisotopic (exact) mass is 403 g/mol. The second-order valence-electron chi connectivity index (χ2n) is 10.4. The zero-order valence-corrected chi connectivity index (χ0v) is 17.8. The number of rotatable bonds is 7. The fourth-order valence-electron chi connectivity index (χ4n) is 6.52. The van der Waals surface area contributed by atoms with E-state index >= 15 is 0 Å². The fraction of sp³-hybridized carbons (Fsp3) is 0.818. The molecule has 0 spiro atoms. The molecule has 0 radical (unpaired) electrons. The van der Waals surface area contributed by atoms with Crippen molar-refractivity contribution in [3.63, 3.8) is 0 Å². The third-order valence-corrected chi connectivity index (χ3v) is 7.42. The number of amides is 5. The molecule has 29 heavy (non-hydrogen) atoms. The van der Waals surface area contributed by atoms with Crippen molar-refractivity contribution in [3.05, 3.63) is 0 Å². The lowest BCUT2D eigenvalue weighted by atomic mass is 9.52. The number of urea groups is 1. The minimum absolute atomic E-state index is 0.0346. The zero-order chi connectivity index (χ0) is 20.9. The van der Waals surface area contributed by atoms with E-state index in [9.17, 15) is 19.2 Å². The molecular formula is C22H33N3O4. The highest BCUT2D eigenvalue weighted by molar-refractivity contribution is 6.45. The topological polar surface area (TPSA) is 86.8 Å². The first-order valence-corrected chi connectivity index (χ1v) is 11.2. The largest absolute Gasteiger partial charge is 0.352 e. The van der Waals surface area contributed by atoms with Crippen molar-refractivity contribution < 1.29 is 19.2 Å². The van der Waals surface area contributed by atoms with Gasteiger partial charge in [-0.3, -0.25) is 14.4 Å². The van der Waals surface area contributed by atoms with Gasteiger partial charge in [0, 0.05) is 6.04 Å². The summed E-state index contributed by atoms with van der Waals surface area (Å²) in [5, 5.41) is 2.85. The van der Waals surface area contributed by atoms with E-state index in [-0.39, 0.29) is 18.5 Å². The molecule has 7 heteroatoms. The highest BCUT2D eigenvalue weighted by atomic mass is 16.2. The van der Waals surface area contributed by atoms with Gasteiger partial charge in [0.1, 0.15) is 6.54 Å². The molecule has 5 fully saturated rings. The maximum atomic E-state index is 13.1. The van der Waals surface area contributed by atoms with Crippen LogP contribution in [0.4, 0.5) is 4.79 Å². The summed E-state index contributed by atoms with van der Waals surface area (Å²) in [6, 6.07) is -0.625. The van der Waals surface area contributed by atoms with Crippen LogP contribution in [0.1, 0.15) is 72.1 Å². The van der Waals surface area contributed by atoms with E-state index in [2.05, 4.69) is 19.2 Å². The van der Waals surface area contributed by atoms with Gasteiger partial charge in [-0.15, -0.1) is 0 Å². The maximum Gasteiger partial charge on any atom is 0.335 e. The van der Waals surface area contributed by atoms with Crippen LogP contribution in [0.25, 0.3) is 0 Å². The van der Waals surface area contributed by atoms with Crippen molar-refractivity contribution in [2.45, 2.75) is 83.7 Å². The Morgan fingerprint density at radius 1 is 0.966 bits per heavy atom. The molecule has 4 saturated carbocycles. The third-order valence-electron chi connectivity index (χ3n) is 7.42. The lowest BCUT2D eigenvalue weighted by Gasteiger charge is -2.58. The van der Waals surface area contributed by atoms with E-state index in [4.69, 9.17) is 0 Å². The lowest BCUT2D eigenvalue weighted by Crippen LogP contribution is -2.62. The van der Waals surface area contributed by atoms with Gasteiger partial charge in [0.15, 0.2) is 0 Å². The van der Waals surface area contributed by atoms with Gasteiger partial charge in [0.05, 0.1) is 5.54 Å². The molecule has 1 N–H and O–H groups in total. The molecule has 1 saturated heterocycles. The minimum atomic E-state index is -0.851. The Balaban J connectivity index is 1.43. The second-order valence-corrected chi connectivity index (χ2v) is 10.4. The first-order chi connectivity index (χ1) is 13.7. The Kier molecular flexibility index (Phi) is 5.20. The van der Waals surface area contributed by atoms with Crippen LogP contribution in [0, 0.1) is 23.7 Å². The number of nitrogens with one attached hydrogen (secondary N) is 1. The van der Waals surface area contributed by atoms with E-state index in [0.29, 0.717) is 23.7 Å².